The summed E-state index contributed by atoms with van der Waals surface area (Å²) in [5.74, 6) is 4.85. The zero-order chi connectivity index (χ0) is 37.8. The predicted molar refractivity (Wildman–Crippen MR) is 216 cm³/mol. The molecule has 0 aliphatic heterocycles. The van der Waals surface area contributed by atoms with Gasteiger partial charge in [0, 0.05) is 0 Å². The zero-order valence-corrected chi connectivity index (χ0v) is 35.6. The van der Waals surface area contributed by atoms with Crippen LogP contribution in [0.5, 0.6) is 0 Å². The van der Waals surface area contributed by atoms with E-state index in [1.807, 2.05) is 0 Å². The minimum atomic E-state index is -4.58. The summed E-state index contributed by atoms with van der Waals surface area (Å²) in [5.41, 5.74) is 2.60. The standard InChI is InChI=1S/C43H85O6P/c1-35(2)17-11-19-37(5)21-13-23-39(7)25-15-27-41(9)29-31-47-33-43(34-49-50(44,45)46)48-32-30-42(10)28-16-26-40(8)24-14-22-38(6)20-12-18-36(3)4/h29-30,35-40,43H,11-28,31-34H2,1-10H3,(H2,44,45,46)/b41-29+,42-30+. The smallest absolute Gasteiger partial charge is 0.375 e. The van der Waals surface area contributed by atoms with Crippen LogP contribution in [0.4, 0.5) is 0 Å². The Bertz CT molecular complexity index is 894. The van der Waals surface area contributed by atoms with Gasteiger partial charge in [0.1, 0.15) is 6.10 Å². The lowest BCUT2D eigenvalue weighted by molar-refractivity contribution is -0.0267. The first-order chi connectivity index (χ1) is 23.6. The van der Waals surface area contributed by atoms with Crippen molar-refractivity contribution in [2.45, 2.75) is 191 Å². The molecule has 0 heterocycles. The van der Waals surface area contributed by atoms with Crippen LogP contribution in [0.25, 0.3) is 0 Å². The molecule has 0 aliphatic carbocycles. The molecule has 50 heavy (non-hydrogen) atoms. The van der Waals surface area contributed by atoms with Crippen molar-refractivity contribution in [1.82, 2.24) is 0 Å². The van der Waals surface area contributed by atoms with Crippen LogP contribution in [0.15, 0.2) is 23.3 Å². The van der Waals surface area contributed by atoms with Crippen LogP contribution in [0.1, 0.15) is 185 Å². The molecule has 2 N–H and O–H groups in total. The van der Waals surface area contributed by atoms with E-state index in [0.717, 1.165) is 48.3 Å². The summed E-state index contributed by atoms with van der Waals surface area (Å²) in [6.07, 6.45) is 26.8. The van der Waals surface area contributed by atoms with Gasteiger partial charge in [0.05, 0.1) is 26.4 Å². The van der Waals surface area contributed by atoms with Gasteiger partial charge in [0.25, 0.3) is 0 Å². The van der Waals surface area contributed by atoms with Crippen molar-refractivity contribution in [3.63, 3.8) is 0 Å². The van der Waals surface area contributed by atoms with Gasteiger partial charge in [-0.2, -0.15) is 0 Å². The van der Waals surface area contributed by atoms with E-state index in [4.69, 9.17) is 14.0 Å². The molecule has 0 rings (SSSR count). The van der Waals surface area contributed by atoms with E-state index in [-0.39, 0.29) is 13.2 Å². The first kappa shape index (κ1) is 49.5. The van der Waals surface area contributed by atoms with Crippen molar-refractivity contribution in [2.24, 2.45) is 35.5 Å². The van der Waals surface area contributed by atoms with Crippen molar-refractivity contribution in [3.05, 3.63) is 23.3 Å². The maximum absolute atomic E-state index is 11.3. The number of ether oxygens (including phenoxy) is 2. The van der Waals surface area contributed by atoms with Crippen molar-refractivity contribution in [2.75, 3.05) is 26.4 Å². The molecule has 0 bridgehead atoms. The van der Waals surface area contributed by atoms with Crippen LogP contribution in [0.3, 0.4) is 0 Å². The first-order valence-corrected chi connectivity index (χ1v) is 22.3. The second-order valence-electron chi connectivity index (χ2n) is 17.1. The highest BCUT2D eigenvalue weighted by Crippen LogP contribution is 2.36. The largest absolute Gasteiger partial charge is 0.469 e. The van der Waals surface area contributed by atoms with Crippen LogP contribution in [0, 0.1) is 35.5 Å². The van der Waals surface area contributed by atoms with Crippen molar-refractivity contribution in [1.29, 1.82) is 0 Å². The van der Waals surface area contributed by atoms with Gasteiger partial charge >= 0.3 is 7.82 Å². The molecule has 0 aliphatic rings. The van der Waals surface area contributed by atoms with E-state index >= 15 is 0 Å². The lowest BCUT2D eigenvalue weighted by atomic mass is 9.91. The second-order valence-corrected chi connectivity index (χ2v) is 18.3. The SMILES string of the molecule is C/C(=C\COCC(COP(=O)(O)O)OC/C=C(\C)CCCC(C)CCCC(C)CCCC(C)C)CCCC(C)CCCC(C)CCCC(C)C. The number of hydrogen-bond acceptors (Lipinski definition) is 4. The Morgan fingerprint density at radius 3 is 1.28 bits per heavy atom. The lowest BCUT2D eigenvalue weighted by Crippen LogP contribution is -2.25. The quantitative estimate of drug-likeness (QED) is 0.0390. The summed E-state index contributed by atoms with van der Waals surface area (Å²) in [6, 6.07) is 0. The summed E-state index contributed by atoms with van der Waals surface area (Å²) < 4.78 is 27.9. The van der Waals surface area contributed by atoms with Gasteiger partial charge < -0.3 is 19.3 Å². The predicted octanol–water partition coefficient (Wildman–Crippen LogP) is 13.3. The van der Waals surface area contributed by atoms with E-state index in [2.05, 4.69) is 81.4 Å². The Hall–Kier alpha value is -0.490. The number of phosphoric acid groups is 1. The van der Waals surface area contributed by atoms with E-state index in [0.29, 0.717) is 13.2 Å². The normalized spacial score (nSPS) is 16.3. The third kappa shape index (κ3) is 34.6. The van der Waals surface area contributed by atoms with Gasteiger partial charge in [-0.15, -0.1) is 0 Å². The first-order valence-electron chi connectivity index (χ1n) is 20.8. The summed E-state index contributed by atoms with van der Waals surface area (Å²) in [6.45, 7) is 24.0. The molecule has 0 saturated carbocycles. The highest BCUT2D eigenvalue weighted by molar-refractivity contribution is 7.46. The van der Waals surface area contributed by atoms with E-state index in [1.54, 1.807) is 0 Å². The molecule has 0 aromatic rings. The van der Waals surface area contributed by atoms with Gasteiger partial charge in [-0.25, -0.2) is 4.57 Å². The molecule has 0 amide bonds. The molecule has 7 heteroatoms. The molecule has 0 fully saturated rings. The highest BCUT2D eigenvalue weighted by atomic mass is 31.2. The van der Waals surface area contributed by atoms with Gasteiger partial charge in [0.2, 0.25) is 0 Å². The third-order valence-electron chi connectivity index (χ3n) is 10.3. The van der Waals surface area contributed by atoms with Gasteiger partial charge in [-0.1, -0.05) is 169 Å². The molecule has 5 atom stereocenters. The van der Waals surface area contributed by atoms with E-state index < -0.39 is 13.9 Å². The maximum atomic E-state index is 11.3. The molecular weight excluding hydrogens is 643 g/mol. The number of allylic oxidation sites excluding steroid dienone is 2. The molecule has 0 aromatic heterocycles. The summed E-state index contributed by atoms with van der Waals surface area (Å²) in [7, 11) is -4.58. The molecule has 5 unspecified atom stereocenters. The Labute approximate surface area is 311 Å². The van der Waals surface area contributed by atoms with Crippen molar-refractivity contribution >= 4 is 7.82 Å². The Balaban J connectivity index is 4.32. The minimum Gasteiger partial charge on any atom is -0.375 e. The van der Waals surface area contributed by atoms with Crippen LogP contribution in [-0.4, -0.2) is 42.3 Å². The molecule has 0 aromatic carbocycles. The molecule has 0 radical (unpaired) electrons. The van der Waals surface area contributed by atoms with Crippen LogP contribution in [0.2, 0.25) is 0 Å². The zero-order valence-electron chi connectivity index (χ0n) is 34.7. The molecular formula is C43H85O6P. The van der Waals surface area contributed by atoms with Crippen molar-refractivity contribution in [3.8, 4) is 0 Å². The van der Waals surface area contributed by atoms with E-state index in [9.17, 15) is 14.4 Å². The average molecular weight is 729 g/mol. The summed E-state index contributed by atoms with van der Waals surface area (Å²) >= 11 is 0. The van der Waals surface area contributed by atoms with E-state index in [1.165, 1.54) is 114 Å². The van der Waals surface area contributed by atoms with Gasteiger partial charge in [0.15, 0.2) is 0 Å². The molecule has 6 nitrogen and oxygen atoms in total. The average Bonchev–Trinajstić information content (AvgIpc) is 3.00. The minimum absolute atomic E-state index is 0.206. The third-order valence-corrected chi connectivity index (χ3v) is 10.8. The topological polar surface area (TPSA) is 85.2 Å². The van der Waals surface area contributed by atoms with Crippen molar-refractivity contribution < 1.29 is 28.3 Å². The van der Waals surface area contributed by atoms with Crippen LogP contribution < -0.4 is 0 Å². The fourth-order valence-corrected chi connectivity index (χ4v) is 7.03. The Morgan fingerprint density at radius 1 is 0.540 bits per heavy atom. The fourth-order valence-electron chi connectivity index (χ4n) is 6.67. The van der Waals surface area contributed by atoms with Crippen LogP contribution in [-0.2, 0) is 18.6 Å². The highest BCUT2D eigenvalue weighted by Gasteiger charge is 2.19. The Kier molecular flexibility index (Phi) is 30.6. The van der Waals surface area contributed by atoms with Gasteiger partial charge in [-0.05, 0) is 75.0 Å². The monoisotopic (exact) mass is 729 g/mol. The molecule has 0 saturated heterocycles. The summed E-state index contributed by atoms with van der Waals surface area (Å²) in [5, 5.41) is 0. The lowest BCUT2D eigenvalue weighted by Gasteiger charge is -2.18. The maximum Gasteiger partial charge on any atom is 0.469 e. The fraction of sp³-hybridized carbons (Fsp3) is 0.907. The second kappa shape index (κ2) is 30.9. The Morgan fingerprint density at radius 2 is 0.900 bits per heavy atom. The summed E-state index contributed by atoms with van der Waals surface area (Å²) in [4.78, 5) is 18.4. The van der Waals surface area contributed by atoms with Gasteiger partial charge in [-0.3, -0.25) is 4.52 Å². The number of hydrogen-bond donors (Lipinski definition) is 2. The molecule has 0 spiro atoms. The van der Waals surface area contributed by atoms with Crippen LogP contribution >= 0.6 is 7.82 Å². The molecule has 298 valence electrons. The number of phosphoric ester groups is 1. The number of rotatable bonds is 34.